The molecule has 1 heterocycles. The molecule has 0 aromatic heterocycles. The van der Waals surface area contributed by atoms with E-state index in [4.69, 9.17) is 5.73 Å². The normalized spacial score (nSPS) is 22.8. The second-order valence-electron chi connectivity index (χ2n) is 4.74. The van der Waals surface area contributed by atoms with E-state index in [9.17, 15) is 9.59 Å². The van der Waals surface area contributed by atoms with Crippen LogP contribution in [-0.4, -0.2) is 36.0 Å². The molecule has 1 aliphatic heterocycles. The molecule has 1 rings (SSSR count). The summed E-state index contributed by atoms with van der Waals surface area (Å²) in [5.74, 6) is -0.0996. The Balaban J connectivity index is 2.78. The van der Waals surface area contributed by atoms with Crippen molar-refractivity contribution in [1.82, 2.24) is 10.2 Å². The Kier molecular flexibility index (Phi) is 5.19. The second-order valence-corrected chi connectivity index (χ2v) is 4.74. The summed E-state index contributed by atoms with van der Waals surface area (Å²) in [6.07, 6.45) is 6.87. The zero-order valence-corrected chi connectivity index (χ0v) is 11.1. The number of allylic oxidation sites excluding steroid dienone is 1. The van der Waals surface area contributed by atoms with E-state index in [1.807, 2.05) is 6.08 Å². The molecular formula is C13H23N3O2. The molecular weight excluding hydrogens is 230 g/mol. The number of carbonyl (C=O) groups excluding carboxylic acids is 2. The standard InChI is InChI=1S/C13H23N3O2/c1-3-4-5-6-8-13(11(17)15-2)9-7-10-16(13)12(14)18/h3H,1,4-10H2,2H3,(H2,14,18)(H,15,17). The average Bonchev–Trinajstić information content (AvgIpc) is 2.79. The smallest absolute Gasteiger partial charge is 0.315 e. The molecule has 18 heavy (non-hydrogen) atoms. The summed E-state index contributed by atoms with van der Waals surface area (Å²) in [6.45, 7) is 4.25. The fourth-order valence-electron chi connectivity index (χ4n) is 2.75. The number of rotatable bonds is 6. The lowest BCUT2D eigenvalue weighted by Crippen LogP contribution is -2.58. The van der Waals surface area contributed by atoms with Crippen molar-refractivity contribution in [3.8, 4) is 0 Å². The summed E-state index contributed by atoms with van der Waals surface area (Å²) in [6, 6.07) is -0.500. The van der Waals surface area contributed by atoms with Crippen LogP contribution in [0.5, 0.6) is 0 Å². The molecule has 1 aliphatic rings. The summed E-state index contributed by atoms with van der Waals surface area (Å²) in [7, 11) is 1.60. The molecule has 1 saturated heterocycles. The Hall–Kier alpha value is -1.52. The minimum atomic E-state index is -0.734. The number of unbranched alkanes of at least 4 members (excludes halogenated alkanes) is 2. The van der Waals surface area contributed by atoms with Crippen LogP contribution in [0.4, 0.5) is 4.79 Å². The zero-order chi connectivity index (χ0) is 13.6. The first kappa shape index (κ1) is 14.5. The molecule has 0 bridgehead atoms. The molecule has 3 amide bonds. The summed E-state index contributed by atoms with van der Waals surface area (Å²) in [5.41, 5.74) is 4.65. The largest absolute Gasteiger partial charge is 0.357 e. The first-order chi connectivity index (χ1) is 8.58. The van der Waals surface area contributed by atoms with Crippen molar-refractivity contribution in [2.24, 2.45) is 5.73 Å². The number of nitrogens with two attached hydrogens (primary N) is 1. The van der Waals surface area contributed by atoms with Crippen molar-refractivity contribution in [2.75, 3.05) is 13.6 Å². The number of likely N-dealkylation sites (tertiary alicyclic amines) is 1. The van der Waals surface area contributed by atoms with Crippen molar-refractivity contribution in [1.29, 1.82) is 0 Å². The number of likely N-dealkylation sites (N-methyl/N-ethyl adjacent to an activating group) is 1. The maximum atomic E-state index is 12.1. The van der Waals surface area contributed by atoms with Crippen molar-refractivity contribution in [3.63, 3.8) is 0 Å². The number of hydrogen-bond acceptors (Lipinski definition) is 2. The molecule has 102 valence electrons. The van der Waals surface area contributed by atoms with Crippen LogP contribution in [0, 0.1) is 0 Å². The molecule has 0 spiro atoms. The average molecular weight is 253 g/mol. The van der Waals surface area contributed by atoms with Gasteiger partial charge in [0.25, 0.3) is 0 Å². The van der Waals surface area contributed by atoms with Gasteiger partial charge in [0, 0.05) is 13.6 Å². The highest BCUT2D eigenvalue weighted by atomic mass is 16.2. The van der Waals surface area contributed by atoms with Gasteiger partial charge in [0.05, 0.1) is 0 Å². The SMILES string of the molecule is C=CCCCCC1(C(=O)NC)CCCN1C(N)=O. The van der Waals surface area contributed by atoms with Crippen molar-refractivity contribution in [3.05, 3.63) is 12.7 Å². The van der Waals surface area contributed by atoms with Crippen LogP contribution in [0.15, 0.2) is 12.7 Å². The fourth-order valence-corrected chi connectivity index (χ4v) is 2.75. The Bertz CT molecular complexity index is 330. The highest BCUT2D eigenvalue weighted by Crippen LogP contribution is 2.34. The number of primary amides is 1. The highest BCUT2D eigenvalue weighted by Gasteiger charge is 2.47. The first-order valence-corrected chi connectivity index (χ1v) is 6.48. The monoisotopic (exact) mass is 253 g/mol. The van der Waals surface area contributed by atoms with E-state index < -0.39 is 11.6 Å². The van der Waals surface area contributed by atoms with E-state index in [-0.39, 0.29) is 5.91 Å². The molecule has 5 nitrogen and oxygen atoms in total. The Morgan fingerprint density at radius 2 is 2.22 bits per heavy atom. The van der Waals surface area contributed by atoms with Crippen LogP contribution in [0.25, 0.3) is 0 Å². The van der Waals surface area contributed by atoms with E-state index in [0.29, 0.717) is 19.4 Å². The van der Waals surface area contributed by atoms with Crippen LogP contribution >= 0.6 is 0 Å². The molecule has 5 heteroatoms. The topological polar surface area (TPSA) is 75.4 Å². The van der Waals surface area contributed by atoms with E-state index in [1.54, 1.807) is 7.05 Å². The Labute approximate surface area is 108 Å². The number of urea groups is 1. The number of nitrogens with zero attached hydrogens (tertiary/aromatic N) is 1. The molecule has 0 radical (unpaired) electrons. The van der Waals surface area contributed by atoms with Crippen LogP contribution in [0.1, 0.15) is 38.5 Å². The molecule has 3 N–H and O–H groups in total. The number of nitrogens with one attached hydrogen (secondary N) is 1. The van der Waals surface area contributed by atoms with Gasteiger partial charge < -0.3 is 16.0 Å². The van der Waals surface area contributed by atoms with Gasteiger partial charge >= 0.3 is 6.03 Å². The van der Waals surface area contributed by atoms with Crippen LogP contribution < -0.4 is 11.1 Å². The molecule has 0 aromatic rings. The van der Waals surface area contributed by atoms with E-state index in [0.717, 1.165) is 25.7 Å². The second kappa shape index (κ2) is 6.42. The molecule has 0 aromatic carbocycles. The summed E-state index contributed by atoms with van der Waals surface area (Å²) in [4.78, 5) is 25.1. The minimum absolute atomic E-state index is 0.0996. The van der Waals surface area contributed by atoms with Gasteiger partial charge in [-0.2, -0.15) is 0 Å². The minimum Gasteiger partial charge on any atom is -0.357 e. The fraction of sp³-hybridized carbons (Fsp3) is 0.692. The maximum Gasteiger partial charge on any atom is 0.315 e. The Morgan fingerprint density at radius 1 is 1.50 bits per heavy atom. The summed E-state index contributed by atoms with van der Waals surface area (Å²) >= 11 is 0. The predicted octanol–water partition coefficient (Wildman–Crippen LogP) is 1.39. The number of hydrogen-bond donors (Lipinski definition) is 2. The Morgan fingerprint density at radius 3 is 2.78 bits per heavy atom. The van der Waals surface area contributed by atoms with Gasteiger partial charge in [-0.15, -0.1) is 6.58 Å². The first-order valence-electron chi connectivity index (χ1n) is 6.48. The van der Waals surface area contributed by atoms with E-state index >= 15 is 0 Å². The maximum absolute atomic E-state index is 12.1. The van der Waals surface area contributed by atoms with Gasteiger partial charge in [-0.1, -0.05) is 12.5 Å². The zero-order valence-electron chi connectivity index (χ0n) is 11.1. The van der Waals surface area contributed by atoms with Crippen LogP contribution in [-0.2, 0) is 4.79 Å². The number of carbonyl (C=O) groups is 2. The van der Waals surface area contributed by atoms with Gasteiger partial charge in [0.1, 0.15) is 5.54 Å². The molecule has 1 fully saturated rings. The predicted molar refractivity (Wildman–Crippen MR) is 71.0 cm³/mol. The van der Waals surface area contributed by atoms with Gasteiger partial charge in [-0.05, 0) is 32.1 Å². The lowest BCUT2D eigenvalue weighted by Gasteiger charge is -2.35. The third kappa shape index (κ3) is 2.83. The number of amides is 3. The lowest BCUT2D eigenvalue weighted by molar-refractivity contribution is -0.130. The van der Waals surface area contributed by atoms with Crippen LogP contribution in [0.3, 0.4) is 0 Å². The van der Waals surface area contributed by atoms with Gasteiger partial charge in [0.2, 0.25) is 5.91 Å². The third-order valence-corrected chi connectivity index (χ3v) is 3.65. The van der Waals surface area contributed by atoms with Crippen molar-refractivity contribution in [2.45, 2.75) is 44.1 Å². The summed E-state index contributed by atoms with van der Waals surface area (Å²) < 4.78 is 0. The van der Waals surface area contributed by atoms with Crippen molar-refractivity contribution < 1.29 is 9.59 Å². The summed E-state index contributed by atoms with van der Waals surface area (Å²) in [5, 5.41) is 2.66. The quantitative estimate of drug-likeness (QED) is 0.554. The molecule has 0 aliphatic carbocycles. The highest BCUT2D eigenvalue weighted by molar-refractivity contribution is 5.91. The van der Waals surface area contributed by atoms with E-state index in [1.165, 1.54) is 4.90 Å². The van der Waals surface area contributed by atoms with Gasteiger partial charge in [-0.25, -0.2) is 4.79 Å². The lowest BCUT2D eigenvalue weighted by atomic mass is 9.88. The molecule has 0 saturated carbocycles. The van der Waals surface area contributed by atoms with Crippen LogP contribution in [0.2, 0.25) is 0 Å². The van der Waals surface area contributed by atoms with Gasteiger partial charge in [-0.3, -0.25) is 4.79 Å². The molecule has 1 unspecified atom stereocenters. The van der Waals surface area contributed by atoms with Gasteiger partial charge in [0.15, 0.2) is 0 Å². The van der Waals surface area contributed by atoms with E-state index in [2.05, 4.69) is 11.9 Å². The third-order valence-electron chi connectivity index (χ3n) is 3.65. The molecule has 1 atom stereocenters. The van der Waals surface area contributed by atoms with Crippen molar-refractivity contribution >= 4 is 11.9 Å².